The highest BCUT2D eigenvalue weighted by Crippen LogP contribution is 2.29. The predicted molar refractivity (Wildman–Crippen MR) is 128 cm³/mol. The van der Waals surface area contributed by atoms with Gasteiger partial charge >= 0.3 is 0 Å². The summed E-state index contributed by atoms with van der Waals surface area (Å²) in [4.78, 5) is 30.7. The van der Waals surface area contributed by atoms with E-state index in [4.69, 9.17) is 0 Å². The van der Waals surface area contributed by atoms with Gasteiger partial charge in [-0.2, -0.15) is 5.10 Å². The van der Waals surface area contributed by atoms with Crippen LogP contribution >= 0.6 is 11.3 Å². The molecule has 0 saturated heterocycles. The van der Waals surface area contributed by atoms with Crippen molar-refractivity contribution in [3.63, 3.8) is 0 Å². The summed E-state index contributed by atoms with van der Waals surface area (Å²) in [6.45, 7) is 7.19. The van der Waals surface area contributed by atoms with E-state index in [1.165, 1.54) is 30.9 Å². The first-order valence-electron chi connectivity index (χ1n) is 10.2. The molecular formula is C22H27N5O4S2. The second kappa shape index (κ2) is 9.16. The van der Waals surface area contributed by atoms with Crippen LogP contribution in [-0.4, -0.2) is 47.5 Å². The normalized spacial score (nSPS) is 12.7. The van der Waals surface area contributed by atoms with Crippen LogP contribution in [0.4, 0.5) is 0 Å². The van der Waals surface area contributed by atoms with Crippen LogP contribution in [0.2, 0.25) is 0 Å². The van der Waals surface area contributed by atoms with Crippen molar-refractivity contribution in [3.8, 4) is 10.6 Å². The van der Waals surface area contributed by atoms with Gasteiger partial charge in [-0.3, -0.25) is 9.59 Å². The molecule has 0 bridgehead atoms. The summed E-state index contributed by atoms with van der Waals surface area (Å²) in [6, 6.07) is 6.04. The highest BCUT2D eigenvalue weighted by molar-refractivity contribution is 7.89. The molecule has 0 aliphatic carbocycles. The average molecular weight is 490 g/mol. The SMILES string of the molecule is Cc1nc(-c2c(C)c(C)nn(C)c2=O)sc1C(=O)NC(C)c1ccc(S(=O)(=O)N(C)C)cc1. The maximum Gasteiger partial charge on any atom is 0.277 e. The Morgan fingerprint density at radius 1 is 1.12 bits per heavy atom. The molecule has 0 fully saturated rings. The monoisotopic (exact) mass is 489 g/mol. The average Bonchev–Trinajstić information content (AvgIpc) is 3.13. The van der Waals surface area contributed by atoms with Crippen molar-refractivity contribution in [2.45, 2.75) is 38.6 Å². The number of thiazole rings is 1. The molecule has 2 heterocycles. The highest BCUT2D eigenvalue weighted by atomic mass is 32.2. The Morgan fingerprint density at radius 2 is 1.73 bits per heavy atom. The van der Waals surface area contributed by atoms with Gasteiger partial charge < -0.3 is 5.32 Å². The number of hydrogen-bond acceptors (Lipinski definition) is 7. The number of amides is 1. The summed E-state index contributed by atoms with van der Waals surface area (Å²) in [6.07, 6.45) is 0. The summed E-state index contributed by atoms with van der Waals surface area (Å²) in [5, 5.41) is 7.59. The molecule has 1 N–H and O–H groups in total. The molecule has 176 valence electrons. The van der Waals surface area contributed by atoms with Gasteiger partial charge in [0.2, 0.25) is 10.0 Å². The van der Waals surface area contributed by atoms with Gasteiger partial charge in [0.25, 0.3) is 11.5 Å². The van der Waals surface area contributed by atoms with E-state index in [1.54, 1.807) is 26.1 Å². The number of carbonyl (C=O) groups is 1. The number of sulfonamides is 1. The molecule has 1 amide bonds. The van der Waals surface area contributed by atoms with Crippen LogP contribution in [0.15, 0.2) is 34.0 Å². The van der Waals surface area contributed by atoms with E-state index >= 15 is 0 Å². The molecule has 1 atom stereocenters. The molecule has 0 spiro atoms. The lowest BCUT2D eigenvalue weighted by Gasteiger charge is -2.16. The van der Waals surface area contributed by atoms with Gasteiger partial charge in [0.15, 0.2) is 0 Å². The van der Waals surface area contributed by atoms with Crippen molar-refractivity contribution in [1.82, 2.24) is 24.4 Å². The minimum Gasteiger partial charge on any atom is -0.345 e. The van der Waals surface area contributed by atoms with Crippen molar-refractivity contribution in [2.75, 3.05) is 14.1 Å². The zero-order valence-electron chi connectivity index (χ0n) is 19.6. The van der Waals surface area contributed by atoms with Crippen LogP contribution < -0.4 is 10.9 Å². The van der Waals surface area contributed by atoms with E-state index in [-0.39, 0.29) is 22.4 Å². The topological polar surface area (TPSA) is 114 Å². The van der Waals surface area contributed by atoms with Crippen molar-refractivity contribution >= 4 is 27.3 Å². The van der Waals surface area contributed by atoms with Gasteiger partial charge in [0.1, 0.15) is 9.88 Å². The smallest absolute Gasteiger partial charge is 0.277 e. The standard InChI is InChI=1S/C22H27N5O4S2/c1-12-13(2)25-27(7)22(29)18(12)21-24-15(4)19(32-21)20(28)23-14(3)16-8-10-17(11-9-16)33(30,31)26(5)6/h8-11,14H,1-7H3,(H,23,28). The lowest BCUT2D eigenvalue weighted by atomic mass is 10.1. The van der Waals surface area contributed by atoms with Crippen LogP contribution in [-0.2, 0) is 17.1 Å². The molecule has 0 radical (unpaired) electrons. The number of aryl methyl sites for hydroxylation is 3. The fraction of sp³-hybridized carbons (Fsp3) is 0.364. The van der Waals surface area contributed by atoms with E-state index in [2.05, 4.69) is 15.4 Å². The van der Waals surface area contributed by atoms with Crippen molar-refractivity contribution in [1.29, 1.82) is 0 Å². The fourth-order valence-corrected chi connectivity index (χ4v) is 5.26. The fourth-order valence-electron chi connectivity index (χ4n) is 3.30. The predicted octanol–water partition coefficient (Wildman–Crippen LogP) is 2.57. The Labute approximate surface area is 197 Å². The Balaban J connectivity index is 1.85. The minimum atomic E-state index is -3.52. The van der Waals surface area contributed by atoms with Gasteiger partial charge in [0.05, 0.1) is 27.9 Å². The summed E-state index contributed by atoms with van der Waals surface area (Å²) in [7, 11) is 1.02. The zero-order chi connectivity index (χ0) is 24.7. The third-order valence-corrected chi connectivity index (χ3v) is 8.45. The number of rotatable bonds is 6. The molecule has 2 aromatic heterocycles. The van der Waals surface area contributed by atoms with E-state index < -0.39 is 10.0 Å². The molecule has 0 aliphatic heterocycles. The molecular weight excluding hydrogens is 462 g/mol. The minimum absolute atomic E-state index is 0.183. The van der Waals surface area contributed by atoms with Gasteiger partial charge in [-0.1, -0.05) is 12.1 Å². The first-order valence-corrected chi connectivity index (χ1v) is 12.5. The quantitative estimate of drug-likeness (QED) is 0.569. The molecule has 1 aromatic carbocycles. The van der Waals surface area contributed by atoms with Crippen LogP contribution in [0, 0.1) is 20.8 Å². The second-order valence-electron chi connectivity index (χ2n) is 8.00. The summed E-state index contributed by atoms with van der Waals surface area (Å²) in [5.74, 6) is -0.311. The number of aromatic nitrogens is 3. The molecule has 11 heteroatoms. The van der Waals surface area contributed by atoms with Gasteiger partial charge in [0, 0.05) is 21.1 Å². The molecule has 0 aliphatic rings. The van der Waals surface area contributed by atoms with E-state index in [1.807, 2.05) is 20.8 Å². The van der Waals surface area contributed by atoms with Crippen LogP contribution in [0.25, 0.3) is 10.6 Å². The Hall–Kier alpha value is -2.89. The highest BCUT2D eigenvalue weighted by Gasteiger charge is 2.23. The third-order valence-electron chi connectivity index (χ3n) is 5.45. The van der Waals surface area contributed by atoms with Crippen LogP contribution in [0.3, 0.4) is 0 Å². The number of hydrogen-bond donors (Lipinski definition) is 1. The molecule has 3 rings (SSSR count). The van der Waals surface area contributed by atoms with Crippen LogP contribution in [0.5, 0.6) is 0 Å². The lowest BCUT2D eigenvalue weighted by Crippen LogP contribution is -2.26. The Bertz CT molecular complexity index is 1370. The van der Waals surface area contributed by atoms with Crippen molar-refractivity contribution < 1.29 is 13.2 Å². The molecule has 1 unspecified atom stereocenters. The Kier molecular flexibility index (Phi) is 6.87. The molecule has 3 aromatic rings. The summed E-state index contributed by atoms with van der Waals surface area (Å²) < 4.78 is 26.9. The maximum absolute atomic E-state index is 13.0. The summed E-state index contributed by atoms with van der Waals surface area (Å²) >= 11 is 1.16. The van der Waals surface area contributed by atoms with Gasteiger partial charge in [-0.15, -0.1) is 11.3 Å². The van der Waals surface area contributed by atoms with Crippen LogP contribution in [0.1, 0.15) is 45.2 Å². The number of benzene rings is 1. The van der Waals surface area contributed by atoms with Gasteiger partial charge in [-0.25, -0.2) is 22.4 Å². The number of nitrogens with zero attached hydrogens (tertiary/aromatic N) is 4. The molecule has 0 saturated carbocycles. The third kappa shape index (κ3) is 4.75. The van der Waals surface area contributed by atoms with Crippen molar-refractivity contribution in [2.24, 2.45) is 7.05 Å². The second-order valence-corrected chi connectivity index (χ2v) is 11.2. The van der Waals surface area contributed by atoms with E-state index in [0.717, 1.165) is 32.5 Å². The number of carbonyl (C=O) groups excluding carboxylic acids is 1. The largest absolute Gasteiger partial charge is 0.345 e. The summed E-state index contributed by atoms with van der Waals surface area (Å²) in [5.41, 5.74) is 2.93. The lowest BCUT2D eigenvalue weighted by molar-refractivity contribution is 0.0943. The van der Waals surface area contributed by atoms with Crippen molar-refractivity contribution in [3.05, 3.63) is 62.0 Å². The maximum atomic E-state index is 13.0. The molecule has 33 heavy (non-hydrogen) atoms. The zero-order valence-corrected chi connectivity index (χ0v) is 21.3. The molecule has 9 nitrogen and oxygen atoms in total. The van der Waals surface area contributed by atoms with E-state index in [9.17, 15) is 18.0 Å². The van der Waals surface area contributed by atoms with Gasteiger partial charge in [-0.05, 0) is 51.0 Å². The number of nitrogens with one attached hydrogen (secondary N) is 1. The first-order chi connectivity index (χ1) is 15.3. The Morgan fingerprint density at radius 3 is 2.30 bits per heavy atom. The van der Waals surface area contributed by atoms with E-state index in [0.29, 0.717) is 21.1 Å². The first kappa shape index (κ1) is 24.7.